The monoisotopic (exact) mass is 99.1 g/mol. The third kappa shape index (κ3) is 1.92. The summed E-state index contributed by atoms with van der Waals surface area (Å²) in [5.74, 6) is 0.384. The Morgan fingerprint density at radius 2 is 2.14 bits per heavy atom. The fourth-order valence-electron chi connectivity index (χ4n) is 0.0968. The third-order valence-electron chi connectivity index (χ3n) is 0.723. The SMILES string of the molecule is CC(=N)N(C)C=N. The lowest BCUT2D eigenvalue weighted by molar-refractivity contribution is 0.758. The van der Waals surface area contributed by atoms with E-state index in [4.69, 9.17) is 10.8 Å². The van der Waals surface area contributed by atoms with Crippen LogP contribution >= 0.6 is 0 Å². The number of rotatable bonds is 1. The van der Waals surface area contributed by atoms with Gasteiger partial charge in [0, 0.05) is 7.05 Å². The average molecular weight is 99.1 g/mol. The van der Waals surface area contributed by atoms with Gasteiger partial charge in [-0.2, -0.15) is 0 Å². The number of hydrogen-bond acceptors (Lipinski definition) is 2. The smallest absolute Gasteiger partial charge is 0.0974 e. The van der Waals surface area contributed by atoms with E-state index in [0.29, 0.717) is 5.84 Å². The maximum absolute atomic E-state index is 6.88. The van der Waals surface area contributed by atoms with Crippen molar-refractivity contribution in [1.82, 2.24) is 4.90 Å². The zero-order chi connectivity index (χ0) is 5.86. The zero-order valence-corrected chi connectivity index (χ0v) is 4.52. The first-order valence-corrected chi connectivity index (χ1v) is 1.97. The Bertz CT molecular complexity index is 86.9. The Balaban J connectivity index is 3.55. The molecule has 0 amide bonds. The summed E-state index contributed by atoms with van der Waals surface area (Å²) in [6.45, 7) is 1.63. The standard InChI is InChI=1S/C4H9N3/c1-4(6)7(2)3-5/h3,5-6H,1-2H3. The molecule has 0 bridgehead atoms. The molecule has 3 nitrogen and oxygen atoms in total. The first-order valence-electron chi connectivity index (χ1n) is 1.97. The lowest BCUT2D eigenvalue weighted by Crippen LogP contribution is -2.20. The molecule has 40 valence electrons. The van der Waals surface area contributed by atoms with E-state index in [1.165, 1.54) is 4.90 Å². The Morgan fingerprint density at radius 3 is 2.14 bits per heavy atom. The van der Waals surface area contributed by atoms with E-state index in [1.807, 2.05) is 0 Å². The molecule has 0 aromatic carbocycles. The lowest BCUT2D eigenvalue weighted by Gasteiger charge is -2.06. The molecule has 0 saturated heterocycles. The molecule has 0 spiro atoms. The van der Waals surface area contributed by atoms with Crippen molar-refractivity contribution in [2.75, 3.05) is 7.05 Å². The molecule has 0 radical (unpaired) electrons. The van der Waals surface area contributed by atoms with Crippen LogP contribution in [0.3, 0.4) is 0 Å². The Labute approximate surface area is 43.0 Å². The highest BCUT2D eigenvalue weighted by Gasteiger charge is 1.87. The van der Waals surface area contributed by atoms with Gasteiger partial charge in [-0.3, -0.25) is 10.8 Å². The largest absolute Gasteiger partial charge is 0.325 e. The molecule has 3 heteroatoms. The van der Waals surface area contributed by atoms with Crippen LogP contribution in [0.2, 0.25) is 0 Å². The molecule has 0 saturated carbocycles. The van der Waals surface area contributed by atoms with Crippen molar-refractivity contribution < 1.29 is 0 Å². The van der Waals surface area contributed by atoms with Gasteiger partial charge in [0.2, 0.25) is 0 Å². The van der Waals surface area contributed by atoms with Gasteiger partial charge in [-0.15, -0.1) is 0 Å². The molecule has 0 aliphatic rings. The molecular formula is C4H9N3. The van der Waals surface area contributed by atoms with Crippen molar-refractivity contribution in [2.45, 2.75) is 6.92 Å². The van der Waals surface area contributed by atoms with Crippen LogP contribution < -0.4 is 0 Å². The summed E-state index contributed by atoms with van der Waals surface area (Å²) in [5, 5.41) is 13.5. The zero-order valence-electron chi connectivity index (χ0n) is 4.52. The van der Waals surface area contributed by atoms with Crippen molar-refractivity contribution in [1.29, 1.82) is 10.8 Å². The summed E-state index contributed by atoms with van der Waals surface area (Å²) < 4.78 is 0. The van der Waals surface area contributed by atoms with E-state index < -0.39 is 0 Å². The second kappa shape index (κ2) is 2.34. The predicted octanol–water partition coefficient (Wildman–Crippen LogP) is 0.522. The van der Waals surface area contributed by atoms with Crippen LogP contribution in [0, 0.1) is 10.8 Å². The molecule has 0 aromatic rings. The van der Waals surface area contributed by atoms with Crippen LogP contribution in [-0.2, 0) is 0 Å². The van der Waals surface area contributed by atoms with Crippen LogP contribution in [0.4, 0.5) is 0 Å². The van der Waals surface area contributed by atoms with Crippen molar-refractivity contribution in [2.24, 2.45) is 0 Å². The van der Waals surface area contributed by atoms with Gasteiger partial charge >= 0.3 is 0 Å². The molecule has 0 aromatic heterocycles. The second-order valence-electron chi connectivity index (χ2n) is 1.33. The van der Waals surface area contributed by atoms with E-state index in [2.05, 4.69) is 0 Å². The summed E-state index contributed by atoms with van der Waals surface area (Å²) in [6, 6.07) is 0. The average Bonchev–Trinajstić information content (AvgIpc) is 1.65. The van der Waals surface area contributed by atoms with Crippen LogP contribution in [0.25, 0.3) is 0 Å². The van der Waals surface area contributed by atoms with Gasteiger partial charge in [-0.05, 0) is 6.92 Å². The van der Waals surface area contributed by atoms with Gasteiger partial charge in [-0.25, -0.2) is 0 Å². The summed E-state index contributed by atoms with van der Waals surface area (Å²) in [4.78, 5) is 1.42. The third-order valence-corrected chi connectivity index (χ3v) is 0.723. The molecule has 2 N–H and O–H groups in total. The molecule has 0 aliphatic heterocycles. The second-order valence-corrected chi connectivity index (χ2v) is 1.33. The van der Waals surface area contributed by atoms with Gasteiger partial charge in [0.25, 0.3) is 0 Å². The summed E-state index contributed by atoms with van der Waals surface area (Å²) in [5.41, 5.74) is 0. The van der Waals surface area contributed by atoms with Gasteiger partial charge < -0.3 is 4.90 Å². The Morgan fingerprint density at radius 1 is 1.71 bits per heavy atom. The molecule has 7 heavy (non-hydrogen) atoms. The molecule has 0 fully saturated rings. The van der Waals surface area contributed by atoms with Crippen molar-refractivity contribution >= 4 is 12.2 Å². The Kier molecular flexibility index (Phi) is 2.05. The highest BCUT2D eigenvalue weighted by Crippen LogP contribution is 1.73. The molecule has 0 unspecified atom stereocenters. The van der Waals surface area contributed by atoms with Crippen LogP contribution in [-0.4, -0.2) is 24.1 Å². The van der Waals surface area contributed by atoms with Crippen molar-refractivity contribution in [3.05, 3.63) is 0 Å². The highest BCUT2D eigenvalue weighted by molar-refractivity contribution is 5.86. The highest BCUT2D eigenvalue weighted by atomic mass is 15.1. The van der Waals surface area contributed by atoms with E-state index in [0.717, 1.165) is 6.34 Å². The number of nitrogens with zero attached hydrogens (tertiary/aromatic N) is 1. The fraction of sp³-hybridized carbons (Fsp3) is 0.500. The Hall–Kier alpha value is -0.860. The molecule has 0 heterocycles. The van der Waals surface area contributed by atoms with Crippen LogP contribution in [0.5, 0.6) is 0 Å². The minimum Gasteiger partial charge on any atom is -0.325 e. The number of nitrogens with one attached hydrogen (secondary N) is 2. The summed E-state index contributed by atoms with van der Waals surface area (Å²) in [7, 11) is 1.66. The maximum atomic E-state index is 6.88. The van der Waals surface area contributed by atoms with Crippen molar-refractivity contribution in [3.8, 4) is 0 Å². The van der Waals surface area contributed by atoms with Crippen LogP contribution in [0.1, 0.15) is 6.92 Å². The molecule has 0 rings (SSSR count). The van der Waals surface area contributed by atoms with Gasteiger partial charge in [0.1, 0.15) is 0 Å². The molecular weight excluding hydrogens is 90.1 g/mol. The van der Waals surface area contributed by atoms with Gasteiger partial charge in [-0.1, -0.05) is 0 Å². The minimum atomic E-state index is 0.384. The van der Waals surface area contributed by atoms with E-state index in [9.17, 15) is 0 Å². The summed E-state index contributed by atoms with van der Waals surface area (Å²) in [6.07, 6.45) is 1.10. The van der Waals surface area contributed by atoms with Gasteiger partial charge in [0.15, 0.2) is 0 Å². The van der Waals surface area contributed by atoms with Crippen LogP contribution in [0.15, 0.2) is 0 Å². The summed E-state index contributed by atoms with van der Waals surface area (Å²) >= 11 is 0. The quantitative estimate of drug-likeness (QED) is 0.365. The first-order chi connectivity index (χ1) is 3.18. The van der Waals surface area contributed by atoms with E-state index in [-0.39, 0.29) is 0 Å². The number of hydrogen-bond donors (Lipinski definition) is 2. The lowest BCUT2D eigenvalue weighted by atomic mass is 10.6. The van der Waals surface area contributed by atoms with Crippen molar-refractivity contribution in [3.63, 3.8) is 0 Å². The topological polar surface area (TPSA) is 50.9 Å². The van der Waals surface area contributed by atoms with E-state index >= 15 is 0 Å². The molecule has 0 atom stereocenters. The predicted molar refractivity (Wildman–Crippen MR) is 29.9 cm³/mol. The minimum absolute atomic E-state index is 0.384. The van der Waals surface area contributed by atoms with E-state index in [1.54, 1.807) is 14.0 Å². The molecule has 0 aliphatic carbocycles. The fourth-order valence-corrected chi connectivity index (χ4v) is 0.0968. The normalized spacial score (nSPS) is 7.71. The first kappa shape index (κ1) is 6.14. The maximum Gasteiger partial charge on any atom is 0.0974 e. The number of amidine groups is 1. The van der Waals surface area contributed by atoms with Gasteiger partial charge in [0.05, 0.1) is 12.2 Å².